The molecule has 92 valence electrons. The van der Waals surface area contributed by atoms with Gasteiger partial charge >= 0.3 is 0 Å². The molecule has 1 rings (SSSR count). The highest BCUT2D eigenvalue weighted by Crippen LogP contribution is 2.20. The SMILES string of the molecule is CC(C)CC[C@@H](N)c1cc(F)cc(F)c1.Cl. The van der Waals surface area contributed by atoms with E-state index in [-0.39, 0.29) is 18.4 Å². The van der Waals surface area contributed by atoms with Gasteiger partial charge in [0.1, 0.15) is 11.6 Å². The lowest BCUT2D eigenvalue weighted by Gasteiger charge is -2.13. The largest absolute Gasteiger partial charge is 0.324 e. The van der Waals surface area contributed by atoms with Crippen LogP contribution in [0, 0.1) is 17.6 Å². The molecule has 0 heterocycles. The summed E-state index contributed by atoms with van der Waals surface area (Å²) in [5.41, 5.74) is 6.38. The smallest absolute Gasteiger partial charge is 0.126 e. The van der Waals surface area contributed by atoms with Crippen LogP contribution in [0.15, 0.2) is 18.2 Å². The van der Waals surface area contributed by atoms with E-state index in [0.717, 1.165) is 18.9 Å². The molecule has 0 aliphatic rings. The Labute approximate surface area is 101 Å². The van der Waals surface area contributed by atoms with Crippen molar-refractivity contribution >= 4 is 12.4 Å². The summed E-state index contributed by atoms with van der Waals surface area (Å²) in [6, 6.07) is 3.18. The molecule has 4 heteroatoms. The van der Waals surface area contributed by atoms with Gasteiger partial charge in [0.2, 0.25) is 0 Å². The van der Waals surface area contributed by atoms with Crippen molar-refractivity contribution in [2.45, 2.75) is 32.7 Å². The zero-order valence-electron chi connectivity index (χ0n) is 9.54. The highest BCUT2D eigenvalue weighted by molar-refractivity contribution is 5.85. The lowest BCUT2D eigenvalue weighted by Crippen LogP contribution is -2.11. The van der Waals surface area contributed by atoms with Crippen LogP contribution in [0.2, 0.25) is 0 Å². The van der Waals surface area contributed by atoms with Crippen LogP contribution in [0.1, 0.15) is 38.3 Å². The highest BCUT2D eigenvalue weighted by atomic mass is 35.5. The van der Waals surface area contributed by atoms with Crippen LogP contribution < -0.4 is 5.73 Å². The van der Waals surface area contributed by atoms with E-state index in [2.05, 4.69) is 13.8 Å². The fourth-order valence-electron chi connectivity index (χ4n) is 1.47. The number of benzene rings is 1. The molecule has 0 aliphatic heterocycles. The Hall–Kier alpha value is -0.670. The number of nitrogens with two attached hydrogens (primary N) is 1. The lowest BCUT2D eigenvalue weighted by atomic mass is 9.98. The Morgan fingerprint density at radius 3 is 2.00 bits per heavy atom. The van der Waals surface area contributed by atoms with Crippen LogP contribution in [0.25, 0.3) is 0 Å². The molecule has 16 heavy (non-hydrogen) atoms. The fourth-order valence-corrected chi connectivity index (χ4v) is 1.47. The van der Waals surface area contributed by atoms with Crippen LogP contribution in [-0.4, -0.2) is 0 Å². The molecule has 0 aliphatic carbocycles. The Kier molecular flexibility index (Phi) is 6.53. The van der Waals surface area contributed by atoms with Gasteiger partial charge in [-0.05, 0) is 36.5 Å². The van der Waals surface area contributed by atoms with Gasteiger partial charge in [0.25, 0.3) is 0 Å². The molecule has 1 aromatic carbocycles. The maximum atomic E-state index is 12.9. The summed E-state index contributed by atoms with van der Waals surface area (Å²) in [6.45, 7) is 4.19. The summed E-state index contributed by atoms with van der Waals surface area (Å²) >= 11 is 0. The third kappa shape index (κ3) is 4.90. The molecule has 0 amide bonds. The summed E-state index contributed by atoms with van der Waals surface area (Å²) in [4.78, 5) is 0. The van der Waals surface area contributed by atoms with Gasteiger partial charge in [-0.3, -0.25) is 0 Å². The van der Waals surface area contributed by atoms with Crippen molar-refractivity contribution in [3.63, 3.8) is 0 Å². The van der Waals surface area contributed by atoms with Crippen LogP contribution in [0.4, 0.5) is 8.78 Å². The zero-order valence-corrected chi connectivity index (χ0v) is 10.4. The minimum Gasteiger partial charge on any atom is -0.324 e. The molecule has 0 saturated carbocycles. The van der Waals surface area contributed by atoms with Crippen LogP contribution in [0.5, 0.6) is 0 Å². The summed E-state index contributed by atoms with van der Waals surface area (Å²) in [7, 11) is 0. The predicted molar refractivity (Wildman–Crippen MR) is 64.6 cm³/mol. The van der Waals surface area contributed by atoms with Gasteiger partial charge < -0.3 is 5.73 Å². The van der Waals surface area contributed by atoms with E-state index in [9.17, 15) is 8.78 Å². The Morgan fingerprint density at radius 2 is 1.56 bits per heavy atom. The Balaban J connectivity index is 0.00000225. The normalized spacial score (nSPS) is 12.4. The van der Waals surface area contributed by atoms with Crippen molar-refractivity contribution < 1.29 is 8.78 Å². The summed E-state index contributed by atoms with van der Waals surface area (Å²) in [6.07, 6.45) is 1.71. The molecular weight excluding hydrogens is 232 g/mol. The second kappa shape index (κ2) is 6.81. The maximum Gasteiger partial charge on any atom is 0.126 e. The van der Waals surface area contributed by atoms with E-state index in [0.29, 0.717) is 11.5 Å². The van der Waals surface area contributed by atoms with Gasteiger partial charge in [-0.2, -0.15) is 0 Å². The predicted octanol–water partition coefficient (Wildman–Crippen LogP) is 3.82. The minimum atomic E-state index is -0.565. The van der Waals surface area contributed by atoms with Crippen molar-refractivity contribution in [1.29, 1.82) is 0 Å². The topological polar surface area (TPSA) is 26.0 Å². The van der Waals surface area contributed by atoms with Crippen molar-refractivity contribution in [1.82, 2.24) is 0 Å². The number of rotatable bonds is 4. The van der Waals surface area contributed by atoms with E-state index < -0.39 is 11.6 Å². The quantitative estimate of drug-likeness (QED) is 0.863. The van der Waals surface area contributed by atoms with Crippen molar-refractivity contribution in [2.24, 2.45) is 11.7 Å². The molecule has 0 unspecified atom stereocenters. The van der Waals surface area contributed by atoms with Crippen molar-refractivity contribution in [3.8, 4) is 0 Å². The second-order valence-electron chi connectivity index (χ2n) is 4.28. The molecule has 1 atom stereocenters. The second-order valence-corrected chi connectivity index (χ2v) is 4.28. The van der Waals surface area contributed by atoms with Gasteiger partial charge in [0, 0.05) is 12.1 Å². The van der Waals surface area contributed by atoms with Crippen molar-refractivity contribution in [3.05, 3.63) is 35.4 Å². The van der Waals surface area contributed by atoms with E-state index >= 15 is 0 Å². The molecule has 1 aromatic rings. The van der Waals surface area contributed by atoms with E-state index in [1.165, 1.54) is 12.1 Å². The van der Waals surface area contributed by atoms with Crippen LogP contribution >= 0.6 is 12.4 Å². The maximum absolute atomic E-state index is 12.9. The Morgan fingerprint density at radius 1 is 1.06 bits per heavy atom. The third-order valence-corrected chi connectivity index (χ3v) is 2.37. The van der Waals surface area contributed by atoms with Gasteiger partial charge in [-0.1, -0.05) is 13.8 Å². The van der Waals surface area contributed by atoms with Gasteiger partial charge in [-0.25, -0.2) is 8.78 Å². The average molecular weight is 250 g/mol. The zero-order chi connectivity index (χ0) is 11.4. The summed E-state index contributed by atoms with van der Waals surface area (Å²) < 4.78 is 25.8. The molecular formula is C12H18ClF2N. The van der Waals surface area contributed by atoms with Crippen LogP contribution in [-0.2, 0) is 0 Å². The van der Waals surface area contributed by atoms with E-state index in [4.69, 9.17) is 5.73 Å². The third-order valence-electron chi connectivity index (χ3n) is 2.37. The molecule has 0 aromatic heterocycles. The number of halogens is 3. The highest BCUT2D eigenvalue weighted by Gasteiger charge is 2.09. The Bertz CT molecular complexity index is 309. The lowest BCUT2D eigenvalue weighted by molar-refractivity contribution is 0.501. The first-order valence-electron chi connectivity index (χ1n) is 5.20. The molecule has 0 radical (unpaired) electrons. The first-order valence-corrected chi connectivity index (χ1v) is 5.20. The summed E-state index contributed by atoms with van der Waals surface area (Å²) in [5.74, 6) is -0.579. The van der Waals surface area contributed by atoms with Gasteiger partial charge in [0.15, 0.2) is 0 Å². The molecule has 1 nitrogen and oxygen atoms in total. The average Bonchev–Trinajstić information content (AvgIpc) is 2.12. The first-order chi connectivity index (χ1) is 6.99. The standard InChI is InChI=1S/C12H17F2N.ClH/c1-8(2)3-4-12(15)9-5-10(13)7-11(14)6-9;/h5-8,12H,3-4,15H2,1-2H3;1H/t12-;/m1./s1. The van der Waals surface area contributed by atoms with E-state index in [1.807, 2.05) is 0 Å². The molecule has 0 spiro atoms. The fraction of sp³-hybridized carbons (Fsp3) is 0.500. The van der Waals surface area contributed by atoms with Crippen LogP contribution in [0.3, 0.4) is 0 Å². The minimum absolute atomic E-state index is 0. The van der Waals surface area contributed by atoms with Crippen molar-refractivity contribution in [2.75, 3.05) is 0 Å². The summed E-state index contributed by atoms with van der Waals surface area (Å²) in [5, 5.41) is 0. The molecule has 0 fully saturated rings. The molecule has 2 N–H and O–H groups in total. The first kappa shape index (κ1) is 15.3. The molecule has 0 saturated heterocycles. The van der Waals surface area contributed by atoms with Gasteiger partial charge in [0.05, 0.1) is 0 Å². The number of hydrogen-bond acceptors (Lipinski definition) is 1. The molecule has 0 bridgehead atoms. The van der Waals surface area contributed by atoms with Gasteiger partial charge in [-0.15, -0.1) is 12.4 Å². The van der Waals surface area contributed by atoms with E-state index in [1.54, 1.807) is 0 Å². The number of hydrogen-bond donors (Lipinski definition) is 1. The monoisotopic (exact) mass is 249 g/mol.